The number of amides is 1. The molecule has 0 aromatic heterocycles. The number of ether oxygens (including phenoxy) is 1. The maximum atomic E-state index is 15.0. The Morgan fingerprint density at radius 2 is 1.76 bits per heavy atom. The molecule has 1 fully saturated rings. The maximum absolute atomic E-state index is 15.0. The van der Waals surface area contributed by atoms with Gasteiger partial charge in [0.15, 0.2) is 21.4 Å². The standard InChI is InChI=1S/C25H31ClF2N2O6S2/c1-25(2,12-4-14-36-23-10-5-17(26)15-20(23)27)24(31)29-22-11-13-30(16-21(22)28)38(34,35)19-8-6-18(7-9-19)37(3,32)33/h5-10,15,21-22H,4,11-14,16H2,1-3H3,(H,29,31)/t21-,22-/m1/s1. The normalized spacial score (nSPS) is 19.2. The van der Waals surface area contributed by atoms with Crippen molar-refractivity contribution in [3.05, 3.63) is 53.3 Å². The number of sulfonamides is 1. The van der Waals surface area contributed by atoms with Crippen molar-refractivity contribution in [2.24, 2.45) is 5.41 Å². The Hall–Kier alpha value is -2.28. The fourth-order valence-electron chi connectivity index (χ4n) is 4.03. The number of halogens is 3. The molecule has 1 heterocycles. The molecule has 1 aliphatic heterocycles. The maximum Gasteiger partial charge on any atom is 0.243 e. The van der Waals surface area contributed by atoms with Gasteiger partial charge in [-0.3, -0.25) is 4.79 Å². The predicted molar refractivity (Wildman–Crippen MR) is 140 cm³/mol. The molecule has 2 aromatic rings. The zero-order chi connectivity index (χ0) is 28.3. The van der Waals surface area contributed by atoms with Crippen molar-refractivity contribution in [1.82, 2.24) is 9.62 Å². The summed E-state index contributed by atoms with van der Waals surface area (Å²) < 4.78 is 84.4. The molecule has 0 aliphatic carbocycles. The second-order valence-electron chi connectivity index (χ2n) is 9.90. The molecular weight excluding hydrogens is 562 g/mol. The van der Waals surface area contributed by atoms with Crippen LogP contribution >= 0.6 is 11.6 Å². The van der Waals surface area contributed by atoms with Crippen molar-refractivity contribution in [2.45, 2.75) is 55.1 Å². The van der Waals surface area contributed by atoms with E-state index in [-0.39, 0.29) is 46.0 Å². The van der Waals surface area contributed by atoms with Crippen molar-refractivity contribution in [2.75, 3.05) is 26.0 Å². The minimum absolute atomic E-state index is 0.0115. The number of piperidine rings is 1. The van der Waals surface area contributed by atoms with Crippen LogP contribution in [-0.4, -0.2) is 65.2 Å². The van der Waals surface area contributed by atoms with E-state index in [4.69, 9.17) is 16.3 Å². The van der Waals surface area contributed by atoms with Crippen molar-refractivity contribution in [1.29, 1.82) is 0 Å². The number of nitrogens with one attached hydrogen (secondary N) is 1. The van der Waals surface area contributed by atoms with Gasteiger partial charge in [0.1, 0.15) is 6.17 Å². The van der Waals surface area contributed by atoms with Crippen molar-refractivity contribution >= 4 is 37.4 Å². The highest BCUT2D eigenvalue weighted by molar-refractivity contribution is 7.90. The topological polar surface area (TPSA) is 110 Å². The first-order valence-electron chi connectivity index (χ1n) is 11.9. The largest absolute Gasteiger partial charge is 0.491 e. The highest BCUT2D eigenvalue weighted by atomic mass is 35.5. The summed E-state index contributed by atoms with van der Waals surface area (Å²) in [5.74, 6) is -0.900. The van der Waals surface area contributed by atoms with Crippen molar-refractivity contribution in [3.63, 3.8) is 0 Å². The molecule has 1 saturated heterocycles. The molecule has 0 radical (unpaired) electrons. The quantitative estimate of drug-likeness (QED) is 0.418. The molecule has 0 bridgehead atoms. The summed E-state index contributed by atoms with van der Waals surface area (Å²) in [6, 6.07) is 7.97. The minimum Gasteiger partial charge on any atom is -0.491 e. The van der Waals surface area contributed by atoms with E-state index in [9.17, 15) is 26.0 Å². The van der Waals surface area contributed by atoms with Crippen LogP contribution < -0.4 is 10.1 Å². The van der Waals surface area contributed by atoms with Crippen LogP contribution in [0.15, 0.2) is 52.3 Å². The summed E-state index contributed by atoms with van der Waals surface area (Å²) >= 11 is 5.72. The summed E-state index contributed by atoms with van der Waals surface area (Å²) in [5.41, 5.74) is -0.869. The molecule has 1 N–H and O–H groups in total. The molecule has 2 atom stereocenters. The molecule has 0 spiro atoms. The number of benzene rings is 2. The average Bonchev–Trinajstić information content (AvgIpc) is 2.83. The average molecular weight is 593 g/mol. The van der Waals surface area contributed by atoms with E-state index in [2.05, 4.69) is 5.32 Å². The fraction of sp³-hybridized carbons (Fsp3) is 0.480. The molecular formula is C25H31ClF2N2O6S2. The number of rotatable bonds is 10. The second kappa shape index (κ2) is 11.8. The van der Waals surface area contributed by atoms with Gasteiger partial charge in [0.05, 0.1) is 22.4 Å². The number of nitrogens with zero attached hydrogens (tertiary/aromatic N) is 1. The Morgan fingerprint density at radius 3 is 2.34 bits per heavy atom. The lowest BCUT2D eigenvalue weighted by atomic mass is 9.86. The van der Waals surface area contributed by atoms with E-state index in [0.29, 0.717) is 12.8 Å². The van der Waals surface area contributed by atoms with E-state index >= 15 is 4.39 Å². The van der Waals surface area contributed by atoms with Crippen LogP contribution in [0.4, 0.5) is 8.78 Å². The van der Waals surface area contributed by atoms with Crippen LogP contribution in [0.25, 0.3) is 0 Å². The molecule has 3 rings (SSSR count). The lowest BCUT2D eigenvalue weighted by Gasteiger charge is -2.36. The molecule has 13 heteroatoms. The van der Waals surface area contributed by atoms with Crippen molar-refractivity contribution in [3.8, 4) is 5.75 Å². The van der Waals surface area contributed by atoms with Crippen LogP contribution in [0.5, 0.6) is 5.75 Å². The van der Waals surface area contributed by atoms with Crippen LogP contribution in [0.1, 0.15) is 33.1 Å². The minimum atomic E-state index is -4.04. The summed E-state index contributed by atoms with van der Waals surface area (Å²) in [5, 5.41) is 2.96. The smallest absolute Gasteiger partial charge is 0.243 e. The fourth-order valence-corrected chi connectivity index (χ4v) is 6.28. The van der Waals surface area contributed by atoms with E-state index in [1.165, 1.54) is 36.4 Å². The molecule has 38 heavy (non-hydrogen) atoms. The SMILES string of the molecule is CC(C)(CCCOc1ccc(Cl)cc1F)C(=O)N[C@@H]1CCN(S(=O)(=O)c2ccc(S(C)(=O)=O)cc2)C[C@H]1F. The molecule has 1 amide bonds. The number of hydrogen-bond donors (Lipinski definition) is 1. The predicted octanol–water partition coefficient (Wildman–Crippen LogP) is 3.99. The van der Waals surface area contributed by atoms with Gasteiger partial charge in [0.2, 0.25) is 15.9 Å². The summed E-state index contributed by atoms with van der Waals surface area (Å²) in [6.45, 7) is 3.13. The highest BCUT2D eigenvalue weighted by Crippen LogP contribution is 2.27. The highest BCUT2D eigenvalue weighted by Gasteiger charge is 2.38. The van der Waals surface area contributed by atoms with Crippen LogP contribution in [0, 0.1) is 11.2 Å². The Balaban J connectivity index is 1.52. The van der Waals surface area contributed by atoms with Gasteiger partial charge in [-0.25, -0.2) is 25.6 Å². The second-order valence-corrected chi connectivity index (χ2v) is 14.3. The summed E-state index contributed by atoms with van der Waals surface area (Å²) in [4.78, 5) is 12.7. The first-order chi connectivity index (χ1) is 17.6. The van der Waals surface area contributed by atoms with Gasteiger partial charge in [0, 0.05) is 29.8 Å². The monoisotopic (exact) mass is 592 g/mol. The van der Waals surface area contributed by atoms with Gasteiger partial charge in [-0.05, 0) is 61.7 Å². The Labute approximate surface area is 227 Å². The van der Waals surface area contributed by atoms with Gasteiger partial charge in [-0.1, -0.05) is 25.4 Å². The molecule has 210 valence electrons. The number of carbonyl (C=O) groups excluding carboxylic acids is 1. The number of hydrogen-bond acceptors (Lipinski definition) is 6. The summed E-state index contributed by atoms with van der Waals surface area (Å²) in [7, 11) is -7.53. The van der Waals surface area contributed by atoms with E-state index in [1.54, 1.807) is 13.8 Å². The third kappa shape index (κ3) is 7.43. The number of carbonyl (C=O) groups is 1. The first kappa shape index (κ1) is 30.3. The lowest BCUT2D eigenvalue weighted by Crippen LogP contribution is -2.55. The lowest BCUT2D eigenvalue weighted by molar-refractivity contribution is -0.131. The zero-order valence-corrected chi connectivity index (χ0v) is 23.7. The molecule has 8 nitrogen and oxygen atoms in total. The zero-order valence-electron chi connectivity index (χ0n) is 21.3. The van der Waals surface area contributed by atoms with Crippen LogP contribution in [0.2, 0.25) is 5.02 Å². The van der Waals surface area contributed by atoms with Gasteiger partial charge in [-0.2, -0.15) is 4.31 Å². The van der Waals surface area contributed by atoms with E-state index in [0.717, 1.165) is 16.6 Å². The number of sulfone groups is 1. The van der Waals surface area contributed by atoms with Gasteiger partial charge < -0.3 is 10.1 Å². The summed E-state index contributed by atoms with van der Waals surface area (Å²) in [6.07, 6.45) is 0.284. The molecule has 2 aromatic carbocycles. The van der Waals surface area contributed by atoms with E-state index < -0.39 is 49.9 Å². The molecule has 0 unspecified atom stereocenters. The molecule has 0 saturated carbocycles. The van der Waals surface area contributed by atoms with Crippen LogP contribution in [-0.2, 0) is 24.7 Å². The van der Waals surface area contributed by atoms with Gasteiger partial charge in [-0.15, -0.1) is 0 Å². The van der Waals surface area contributed by atoms with Gasteiger partial charge >= 0.3 is 0 Å². The Kier molecular flexibility index (Phi) is 9.44. The molecule has 1 aliphatic rings. The number of alkyl halides is 1. The van der Waals surface area contributed by atoms with Gasteiger partial charge in [0.25, 0.3) is 0 Å². The first-order valence-corrected chi connectivity index (χ1v) is 15.7. The van der Waals surface area contributed by atoms with Crippen LogP contribution in [0.3, 0.4) is 0 Å². The van der Waals surface area contributed by atoms with Crippen molar-refractivity contribution < 1.29 is 35.1 Å². The Bertz CT molecular complexity index is 1370. The third-order valence-electron chi connectivity index (χ3n) is 6.42. The third-order valence-corrected chi connectivity index (χ3v) is 9.67. The Morgan fingerprint density at radius 1 is 1.13 bits per heavy atom. The van der Waals surface area contributed by atoms with E-state index in [1.807, 2.05) is 0 Å².